The molecule has 0 spiro atoms. The van der Waals surface area contributed by atoms with Crippen LogP contribution in [-0.2, 0) is 6.54 Å². The maximum atomic E-state index is 13.7. The van der Waals surface area contributed by atoms with Crippen molar-refractivity contribution in [2.75, 3.05) is 18.0 Å². The predicted molar refractivity (Wildman–Crippen MR) is 120 cm³/mol. The minimum absolute atomic E-state index is 0.0610. The number of alkyl halides is 2. The molecule has 1 aliphatic carbocycles. The summed E-state index contributed by atoms with van der Waals surface area (Å²) in [5.74, 6) is -2.08. The summed E-state index contributed by atoms with van der Waals surface area (Å²) in [4.78, 5) is 9.45. The van der Waals surface area contributed by atoms with E-state index in [0.29, 0.717) is 25.0 Å². The molecule has 31 heavy (non-hydrogen) atoms. The molecular weight excluding hydrogens is 392 g/mol. The summed E-state index contributed by atoms with van der Waals surface area (Å²) in [6.45, 7) is 1.66. The molecule has 6 rings (SSSR count). The van der Waals surface area contributed by atoms with Gasteiger partial charge in [-0.25, -0.2) is 8.78 Å². The number of piperidine rings is 1. The number of benzene rings is 2. The van der Waals surface area contributed by atoms with Crippen molar-refractivity contribution >= 4 is 22.7 Å². The second-order valence-electron chi connectivity index (χ2n) is 9.01. The van der Waals surface area contributed by atoms with Crippen LogP contribution in [0.4, 0.5) is 14.5 Å². The third-order valence-electron chi connectivity index (χ3n) is 6.99. The fraction of sp³-hybridized carbons (Fsp3) is 0.346. The maximum Gasteiger partial charge on any atom is 0.251 e. The number of pyridine rings is 1. The van der Waals surface area contributed by atoms with Crippen molar-refractivity contribution < 1.29 is 8.78 Å². The lowest BCUT2D eigenvalue weighted by Gasteiger charge is -2.36. The number of anilines is 1. The van der Waals surface area contributed by atoms with Crippen LogP contribution in [0.3, 0.4) is 0 Å². The highest BCUT2D eigenvalue weighted by molar-refractivity contribution is 5.78. The van der Waals surface area contributed by atoms with Crippen LogP contribution in [0.1, 0.15) is 42.0 Å². The standard InChI is InChI=1S/C26H25F2N3/c27-26(28)11-14-30(15-12-26)24-7-3-5-18-10-13-31(17-21(18)24)25-16-20(25)23-9-8-19-4-1-2-6-22(19)29-23/h1-10,13,20,25H,11-12,14-17H2. The van der Waals surface area contributed by atoms with Gasteiger partial charge in [0, 0.05) is 73.0 Å². The molecule has 5 heteroatoms. The first-order chi connectivity index (χ1) is 15.1. The van der Waals surface area contributed by atoms with Crippen molar-refractivity contribution in [3.63, 3.8) is 0 Å². The van der Waals surface area contributed by atoms with Gasteiger partial charge in [-0.3, -0.25) is 4.98 Å². The Kier molecular flexibility index (Phi) is 4.27. The highest BCUT2D eigenvalue weighted by Gasteiger charge is 2.44. The molecule has 2 fully saturated rings. The zero-order valence-electron chi connectivity index (χ0n) is 17.3. The Balaban J connectivity index is 1.22. The first-order valence-corrected chi connectivity index (χ1v) is 11.1. The Morgan fingerprint density at radius 3 is 2.65 bits per heavy atom. The highest BCUT2D eigenvalue weighted by atomic mass is 19.3. The topological polar surface area (TPSA) is 19.4 Å². The Morgan fingerprint density at radius 2 is 1.77 bits per heavy atom. The molecule has 2 aliphatic heterocycles. The van der Waals surface area contributed by atoms with Crippen LogP contribution in [0.5, 0.6) is 0 Å². The predicted octanol–water partition coefficient (Wildman–Crippen LogP) is 5.81. The van der Waals surface area contributed by atoms with Crippen LogP contribution < -0.4 is 4.90 Å². The summed E-state index contributed by atoms with van der Waals surface area (Å²) in [6.07, 6.45) is 5.35. The minimum Gasteiger partial charge on any atom is -0.371 e. The van der Waals surface area contributed by atoms with Crippen LogP contribution in [-0.4, -0.2) is 34.9 Å². The molecule has 158 valence electrons. The third kappa shape index (κ3) is 3.46. The number of halogens is 2. The van der Waals surface area contributed by atoms with Crippen molar-refractivity contribution in [3.8, 4) is 0 Å². The van der Waals surface area contributed by atoms with Gasteiger partial charge in [-0.15, -0.1) is 0 Å². The van der Waals surface area contributed by atoms with E-state index in [1.807, 2.05) is 18.2 Å². The first-order valence-electron chi connectivity index (χ1n) is 11.1. The van der Waals surface area contributed by atoms with Crippen LogP contribution in [0.25, 0.3) is 17.0 Å². The largest absolute Gasteiger partial charge is 0.371 e. The quantitative estimate of drug-likeness (QED) is 0.536. The minimum atomic E-state index is -2.52. The smallest absolute Gasteiger partial charge is 0.251 e. The molecule has 0 bridgehead atoms. The second kappa shape index (κ2) is 7.04. The van der Waals surface area contributed by atoms with E-state index in [1.54, 1.807) is 0 Å². The average Bonchev–Trinajstić information content (AvgIpc) is 3.59. The van der Waals surface area contributed by atoms with Crippen LogP contribution in [0.15, 0.2) is 60.8 Å². The zero-order valence-corrected chi connectivity index (χ0v) is 17.3. The molecule has 1 saturated heterocycles. The van der Waals surface area contributed by atoms with Gasteiger partial charge < -0.3 is 9.80 Å². The second-order valence-corrected chi connectivity index (χ2v) is 9.01. The van der Waals surface area contributed by atoms with Gasteiger partial charge in [0.25, 0.3) is 5.92 Å². The van der Waals surface area contributed by atoms with Crippen molar-refractivity contribution in [2.45, 2.75) is 43.7 Å². The maximum absolute atomic E-state index is 13.7. The Bertz CT molecular complexity index is 1160. The van der Waals surface area contributed by atoms with Gasteiger partial charge in [0.2, 0.25) is 0 Å². The van der Waals surface area contributed by atoms with Crippen molar-refractivity contribution in [1.82, 2.24) is 9.88 Å². The third-order valence-corrected chi connectivity index (χ3v) is 6.99. The molecule has 3 aliphatic rings. The lowest BCUT2D eigenvalue weighted by Crippen LogP contribution is -2.40. The van der Waals surface area contributed by atoms with Gasteiger partial charge in [0.05, 0.1) is 5.52 Å². The fourth-order valence-corrected chi connectivity index (χ4v) is 5.08. The number of para-hydroxylation sites is 1. The van der Waals surface area contributed by atoms with Gasteiger partial charge in [-0.1, -0.05) is 36.4 Å². The molecule has 3 aromatic rings. The molecular formula is C26H25F2N3. The fourth-order valence-electron chi connectivity index (χ4n) is 5.08. The summed E-state index contributed by atoms with van der Waals surface area (Å²) in [6, 6.07) is 19.3. The van der Waals surface area contributed by atoms with E-state index < -0.39 is 5.92 Å². The SMILES string of the molecule is FC1(F)CCN(c2cccc3c2CN(C2CC2c2ccc4ccccc4n2)C=C3)CC1. The van der Waals surface area contributed by atoms with Crippen molar-refractivity contribution in [3.05, 3.63) is 77.6 Å². The molecule has 3 heterocycles. The summed E-state index contributed by atoms with van der Waals surface area (Å²) in [5, 5.41) is 1.17. The molecule has 0 amide bonds. The normalized spacial score (nSPS) is 24.3. The van der Waals surface area contributed by atoms with E-state index in [2.05, 4.69) is 58.5 Å². The zero-order chi connectivity index (χ0) is 21.0. The number of fused-ring (bicyclic) bond motifs is 2. The summed E-state index contributed by atoms with van der Waals surface area (Å²) < 4.78 is 27.3. The molecule has 1 saturated carbocycles. The molecule has 2 unspecified atom stereocenters. The van der Waals surface area contributed by atoms with E-state index in [0.717, 1.165) is 29.9 Å². The van der Waals surface area contributed by atoms with Gasteiger partial charge >= 0.3 is 0 Å². The van der Waals surface area contributed by atoms with E-state index in [-0.39, 0.29) is 12.8 Å². The first kappa shape index (κ1) is 18.8. The van der Waals surface area contributed by atoms with Crippen LogP contribution in [0.2, 0.25) is 0 Å². The summed E-state index contributed by atoms with van der Waals surface area (Å²) in [5.41, 5.74) is 5.78. The molecule has 2 atom stereocenters. The number of aromatic nitrogens is 1. The molecule has 3 nitrogen and oxygen atoms in total. The van der Waals surface area contributed by atoms with E-state index in [9.17, 15) is 8.78 Å². The van der Waals surface area contributed by atoms with Crippen molar-refractivity contribution in [1.29, 1.82) is 0 Å². The Labute approximate surface area is 181 Å². The number of nitrogens with zero attached hydrogens (tertiary/aromatic N) is 3. The highest BCUT2D eigenvalue weighted by Crippen LogP contribution is 2.47. The number of hydrogen-bond acceptors (Lipinski definition) is 3. The lowest BCUT2D eigenvalue weighted by atomic mass is 9.98. The lowest BCUT2D eigenvalue weighted by molar-refractivity contribution is -0.0220. The van der Waals surface area contributed by atoms with E-state index >= 15 is 0 Å². The molecule has 2 aromatic carbocycles. The van der Waals surface area contributed by atoms with Gasteiger partial charge in [0.1, 0.15) is 0 Å². The average molecular weight is 418 g/mol. The summed E-state index contributed by atoms with van der Waals surface area (Å²) in [7, 11) is 0. The Morgan fingerprint density at radius 1 is 0.935 bits per heavy atom. The van der Waals surface area contributed by atoms with E-state index in [4.69, 9.17) is 4.98 Å². The monoisotopic (exact) mass is 417 g/mol. The summed E-state index contributed by atoms with van der Waals surface area (Å²) >= 11 is 0. The molecule has 1 aromatic heterocycles. The number of rotatable bonds is 3. The van der Waals surface area contributed by atoms with Gasteiger partial charge in [0.15, 0.2) is 0 Å². The number of hydrogen-bond donors (Lipinski definition) is 0. The molecule has 0 N–H and O–H groups in total. The van der Waals surface area contributed by atoms with Gasteiger partial charge in [-0.2, -0.15) is 0 Å². The Hall–Kier alpha value is -2.95. The van der Waals surface area contributed by atoms with Crippen LogP contribution >= 0.6 is 0 Å². The van der Waals surface area contributed by atoms with Crippen LogP contribution in [0, 0.1) is 0 Å². The van der Waals surface area contributed by atoms with E-state index in [1.165, 1.54) is 16.5 Å². The van der Waals surface area contributed by atoms with Gasteiger partial charge in [-0.05, 0) is 36.3 Å². The van der Waals surface area contributed by atoms with Crippen molar-refractivity contribution in [2.24, 2.45) is 0 Å². The molecule has 0 radical (unpaired) electrons.